The summed E-state index contributed by atoms with van der Waals surface area (Å²) in [5.41, 5.74) is 2.28. The van der Waals surface area contributed by atoms with Crippen LogP contribution in [-0.4, -0.2) is 5.91 Å². The lowest BCUT2D eigenvalue weighted by molar-refractivity contribution is -0.124. The Hall–Kier alpha value is -2.87. The Bertz CT molecular complexity index is 861. The molecule has 1 aliphatic rings. The summed E-state index contributed by atoms with van der Waals surface area (Å²) in [7, 11) is 0. The molecule has 26 heavy (non-hydrogen) atoms. The molecule has 0 aliphatic carbocycles. The van der Waals surface area contributed by atoms with Gasteiger partial charge in [-0.3, -0.25) is 9.69 Å². The third-order valence-electron chi connectivity index (χ3n) is 5.38. The van der Waals surface area contributed by atoms with E-state index in [0.29, 0.717) is 0 Å². The molecule has 0 bridgehead atoms. The summed E-state index contributed by atoms with van der Waals surface area (Å²) in [6.07, 6.45) is 0.738. The average Bonchev–Trinajstić information content (AvgIpc) is 2.91. The maximum absolute atomic E-state index is 13.5. The predicted octanol–water partition coefficient (Wildman–Crippen LogP) is 5.39. The third kappa shape index (κ3) is 2.45. The molecule has 0 saturated carbocycles. The van der Waals surface area contributed by atoms with Crippen LogP contribution in [0.1, 0.15) is 31.4 Å². The Balaban J connectivity index is 2.04. The summed E-state index contributed by atoms with van der Waals surface area (Å²) >= 11 is 0. The number of hydrogen-bond acceptors (Lipinski definition) is 1. The lowest BCUT2D eigenvalue weighted by Gasteiger charge is -2.39. The van der Waals surface area contributed by atoms with Gasteiger partial charge in [0.1, 0.15) is 0 Å². The monoisotopic (exact) mass is 341 g/mol. The Labute approximate surface area is 155 Å². The average molecular weight is 341 g/mol. The number of hydrogen-bond donors (Lipinski definition) is 0. The summed E-state index contributed by atoms with van der Waals surface area (Å²) in [4.78, 5) is 15.5. The number of nitrogens with zero attached hydrogens (tertiary/aromatic N) is 1. The van der Waals surface area contributed by atoms with Crippen molar-refractivity contribution in [3.8, 4) is 0 Å². The molecule has 0 unspecified atom stereocenters. The lowest BCUT2D eigenvalue weighted by atomic mass is 9.75. The first-order chi connectivity index (χ1) is 12.6. The highest BCUT2D eigenvalue weighted by Crippen LogP contribution is 2.53. The van der Waals surface area contributed by atoms with E-state index in [9.17, 15) is 4.79 Å². The number of para-hydroxylation sites is 1. The second kappa shape index (κ2) is 6.14. The molecule has 1 fully saturated rings. The molecule has 1 saturated heterocycles. The molecule has 2 heteroatoms. The van der Waals surface area contributed by atoms with E-state index in [-0.39, 0.29) is 5.91 Å². The van der Waals surface area contributed by atoms with E-state index in [1.807, 2.05) is 47.4 Å². The molecule has 2 nitrogen and oxygen atoms in total. The molecule has 1 heterocycles. The van der Waals surface area contributed by atoms with E-state index in [0.717, 1.165) is 23.2 Å². The highest BCUT2D eigenvalue weighted by Gasteiger charge is 2.57. The first-order valence-corrected chi connectivity index (χ1v) is 9.06. The number of benzene rings is 3. The summed E-state index contributed by atoms with van der Waals surface area (Å²) in [6.45, 7) is 4.11. The van der Waals surface area contributed by atoms with Crippen LogP contribution in [-0.2, 0) is 10.3 Å². The lowest BCUT2D eigenvalue weighted by Crippen LogP contribution is -2.45. The quantitative estimate of drug-likeness (QED) is 0.625. The van der Waals surface area contributed by atoms with Crippen molar-refractivity contribution in [3.05, 3.63) is 102 Å². The van der Waals surface area contributed by atoms with Crippen LogP contribution in [0.25, 0.3) is 0 Å². The molecule has 0 spiro atoms. The molecule has 0 aromatic heterocycles. The van der Waals surface area contributed by atoms with E-state index >= 15 is 0 Å². The zero-order valence-corrected chi connectivity index (χ0v) is 15.2. The molecular formula is C24H23NO. The molecular weight excluding hydrogens is 318 g/mol. The van der Waals surface area contributed by atoms with Crippen LogP contribution >= 0.6 is 0 Å². The summed E-state index contributed by atoms with van der Waals surface area (Å²) in [5, 5.41) is 0. The Morgan fingerprint density at radius 2 is 1.12 bits per heavy atom. The molecule has 0 atom stereocenters. The molecule has 130 valence electrons. The van der Waals surface area contributed by atoms with Gasteiger partial charge in [-0.15, -0.1) is 0 Å². The van der Waals surface area contributed by atoms with E-state index in [1.165, 1.54) is 0 Å². The van der Waals surface area contributed by atoms with Gasteiger partial charge in [-0.1, -0.05) is 92.7 Å². The fourth-order valence-electron chi connectivity index (χ4n) is 4.24. The van der Waals surface area contributed by atoms with Crippen molar-refractivity contribution in [2.75, 3.05) is 4.90 Å². The first kappa shape index (κ1) is 16.6. The van der Waals surface area contributed by atoms with Gasteiger partial charge in [0.25, 0.3) is 0 Å². The minimum absolute atomic E-state index is 0.163. The third-order valence-corrected chi connectivity index (χ3v) is 5.38. The molecule has 1 amide bonds. The van der Waals surface area contributed by atoms with E-state index in [1.54, 1.807) is 0 Å². The number of anilines is 1. The van der Waals surface area contributed by atoms with Gasteiger partial charge in [-0.05, 0) is 29.7 Å². The second-order valence-corrected chi connectivity index (χ2v) is 7.63. The largest absolute Gasteiger partial charge is 0.298 e. The highest BCUT2D eigenvalue weighted by atomic mass is 16.2. The van der Waals surface area contributed by atoms with E-state index in [2.05, 4.69) is 62.4 Å². The maximum Gasteiger partial charge on any atom is 0.233 e. The smallest absolute Gasteiger partial charge is 0.233 e. The van der Waals surface area contributed by atoms with Crippen molar-refractivity contribution < 1.29 is 4.79 Å². The Kier molecular flexibility index (Phi) is 3.91. The number of carbonyl (C=O) groups excluding carboxylic acids is 1. The van der Waals surface area contributed by atoms with Gasteiger partial charge in [0.2, 0.25) is 5.91 Å². The van der Waals surface area contributed by atoms with Crippen LogP contribution in [0, 0.1) is 5.41 Å². The van der Waals surface area contributed by atoms with Crippen LogP contribution in [0.4, 0.5) is 5.69 Å². The summed E-state index contributed by atoms with van der Waals surface area (Å²) in [5.74, 6) is 0.163. The first-order valence-electron chi connectivity index (χ1n) is 9.06. The Morgan fingerprint density at radius 1 is 0.692 bits per heavy atom. The van der Waals surface area contributed by atoms with Gasteiger partial charge in [0.15, 0.2) is 0 Å². The molecule has 1 aliphatic heterocycles. The van der Waals surface area contributed by atoms with Gasteiger partial charge in [-0.25, -0.2) is 0 Å². The summed E-state index contributed by atoms with van der Waals surface area (Å²) < 4.78 is 0. The van der Waals surface area contributed by atoms with Crippen LogP contribution in [0.3, 0.4) is 0 Å². The van der Waals surface area contributed by atoms with Crippen LogP contribution in [0.5, 0.6) is 0 Å². The maximum atomic E-state index is 13.5. The van der Waals surface area contributed by atoms with Crippen molar-refractivity contribution >= 4 is 11.6 Å². The standard InChI is InChI=1S/C24H23NO/c1-23(2)18-24(19-12-6-3-7-13-19,20-14-8-4-9-15-20)25(22(23)26)21-16-10-5-11-17-21/h3-17H,18H2,1-2H3. The van der Waals surface area contributed by atoms with Crippen molar-refractivity contribution in [2.45, 2.75) is 25.8 Å². The fraction of sp³-hybridized carbons (Fsp3) is 0.208. The molecule has 4 rings (SSSR count). The summed E-state index contributed by atoms with van der Waals surface area (Å²) in [6, 6.07) is 30.8. The number of amides is 1. The van der Waals surface area contributed by atoms with Crippen LogP contribution in [0.15, 0.2) is 91.0 Å². The minimum Gasteiger partial charge on any atom is -0.298 e. The van der Waals surface area contributed by atoms with Gasteiger partial charge in [0, 0.05) is 11.1 Å². The van der Waals surface area contributed by atoms with E-state index in [4.69, 9.17) is 0 Å². The predicted molar refractivity (Wildman–Crippen MR) is 106 cm³/mol. The SMILES string of the molecule is CC1(C)CC(c2ccccc2)(c2ccccc2)N(c2ccccc2)C1=O. The minimum atomic E-state index is -0.509. The highest BCUT2D eigenvalue weighted by molar-refractivity contribution is 6.02. The second-order valence-electron chi connectivity index (χ2n) is 7.63. The Morgan fingerprint density at radius 3 is 1.58 bits per heavy atom. The number of rotatable bonds is 3. The molecule has 3 aromatic carbocycles. The topological polar surface area (TPSA) is 20.3 Å². The van der Waals surface area contributed by atoms with Gasteiger partial charge in [-0.2, -0.15) is 0 Å². The van der Waals surface area contributed by atoms with Crippen molar-refractivity contribution in [1.29, 1.82) is 0 Å². The van der Waals surface area contributed by atoms with Gasteiger partial charge >= 0.3 is 0 Å². The zero-order valence-electron chi connectivity index (χ0n) is 15.2. The van der Waals surface area contributed by atoms with Gasteiger partial charge < -0.3 is 0 Å². The van der Waals surface area contributed by atoms with Crippen LogP contribution < -0.4 is 4.90 Å². The number of carbonyl (C=O) groups is 1. The van der Waals surface area contributed by atoms with E-state index < -0.39 is 11.0 Å². The molecule has 0 N–H and O–H groups in total. The van der Waals surface area contributed by atoms with Crippen molar-refractivity contribution in [1.82, 2.24) is 0 Å². The zero-order chi connectivity index (χ0) is 18.2. The molecule has 3 aromatic rings. The molecule has 0 radical (unpaired) electrons. The fourth-order valence-corrected chi connectivity index (χ4v) is 4.24. The van der Waals surface area contributed by atoms with Crippen molar-refractivity contribution in [3.63, 3.8) is 0 Å². The van der Waals surface area contributed by atoms with Gasteiger partial charge in [0.05, 0.1) is 5.54 Å². The van der Waals surface area contributed by atoms with Crippen LogP contribution in [0.2, 0.25) is 0 Å². The van der Waals surface area contributed by atoms with Crippen molar-refractivity contribution in [2.24, 2.45) is 5.41 Å². The normalized spacial score (nSPS) is 18.1.